The Hall–Kier alpha value is -2.97. The third kappa shape index (κ3) is 3.32. The van der Waals surface area contributed by atoms with Gasteiger partial charge in [-0.25, -0.2) is 4.90 Å². The van der Waals surface area contributed by atoms with Gasteiger partial charge in [-0.05, 0) is 42.5 Å². The molecule has 0 saturated carbocycles. The maximum atomic E-state index is 12.9. The fourth-order valence-corrected chi connectivity index (χ4v) is 3.41. The molecule has 1 saturated heterocycles. The molecule has 2 heterocycles. The van der Waals surface area contributed by atoms with Crippen LogP contribution >= 0.6 is 23.2 Å². The van der Waals surface area contributed by atoms with Crippen LogP contribution in [0.1, 0.15) is 0 Å². The minimum absolute atomic E-state index is 0.226. The zero-order valence-corrected chi connectivity index (χ0v) is 15.8. The highest BCUT2D eigenvalue weighted by Crippen LogP contribution is 2.32. The zero-order chi connectivity index (χ0) is 19.8. The summed E-state index contributed by atoms with van der Waals surface area (Å²) in [5.74, 6) is -1.40. The maximum absolute atomic E-state index is 12.9. The summed E-state index contributed by atoms with van der Waals surface area (Å²) in [6, 6.07) is 11.1. The summed E-state index contributed by atoms with van der Waals surface area (Å²) in [6.07, 6.45) is 0. The van der Waals surface area contributed by atoms with Crippen LogP contribution in [0.5, 0.6) is 0 Å². The lowest BCUT2D eigenvalue weighted by Gasteiger charge is -2.20. The number of nitrogens with zero attached hydrogens (tertiary/aromatic N) is 4. The van der Waals surface area contributed by atoms with E-state index in [9.17, 15) is 14.4 Å². The van der Waals surface area contributed by atoms with E-state index in [1.54, 1.807) is 42.5 Å². The van der Waals surface area contributed by atoms with E-state index in [1.807, 2.05) is 0 Å². The van der Waals surface area contributed by atoms with E-state index in [0.717, 1.165) is 4.90 Å². The second kappa shape index (κ2) is 7.21. The summed E-state index contributed by atoms with van der Waals surface area (Å²) in [4.78, 5) is 38.8. The second-order valence-corrected chi connectivity index (χ2v) is 7.11. The third-order valence-electron chi connectivity index (χ3n) is 4.36. The number of imide groups is 1. The van der Waals surface area contributed by atoms with E-state index < -0.39 is 29.8 Å². The van der Waals surface area contributed by atoms with E-state index in [0.29, 0.717) is 21.4 Å². The number of fused-ring (bicyclic) bond motifs is 1. The molecule has 0 spiro atoms. The second-order valence-electron chi connectivity index (χ2n) is 6.24. The van der Waals surface area contributed by atoms with Crippen molar-refractivity contribution in [2.45, 2.75) is 12.1 Å². The van der Waals surface area contributed by atoms with Gasteiger partial charge in [-0.3, -0.25) is 19.4 Å². The smallest absolute Gasteiger partial charge is 0.263 e. The number of rotatable bonds is 4. The molecule has 2 aliphatic rings. The molecule has 2 aromatic rings. The van der Waals surface area contributed by atoms with Crippen molar-refractivity contribution in [3.8, 4) is 0 Å². The molecule has 0 aromatic heterocycles. The van der Waals surface area contributed by atoms with Gasteiger partial charge in [-0.1, -0.05) is 34.5 Å². The Morgan fingerprint density at radius 2 is 1.79 bits per heavy atom. The molecule has 2 aromatic carbocycles. The van der Waals surface area contributed by atoms with Gasteiger partial charge in [0.25, 0.3) is 11.8 Å². The summed E-state index contributed by atoms with van der Waals surface area (Å²) in [6.45, 7) is -0.226. The Bertz CT molecular complexity index is 995. The third-order valence-corrected chi connectivity index (χ3v) is 4.84. The van der Waals surface area contributed by atoms with E-state index in [1.165, 1.54) is 11.1 Å². The van der Waals surface area contributed by atoms with Crippen LogP contribution in [0, 0.1) is 0 Å². The highest BCUT2D eigenvalue weighted by molar-refractivity contribution is 6.32. The molecular formula is C18H13Cl2N5O3. The first-order chi connectivity index (χ1) is 13.4. The molecule has 1 fully saturated rings. The summed E-state index contributed by atoms with van der Waals surface area (Å²) >= 11 is 11.8. The fraction of sp³-hybridized carbons (Fsp3) is 0.167. The van der Waals surface area contributed by atoms with Crippen molar-refractivity contribution in [1.82, 2.24) is 5.01 Å². The number of hydrogen-bond acceptors (Lipinski definition) is 6. The molecule has 8 nitrogen and oxygen atoms in total. The highest BCUT2D eigenvalue weighted by atomic mass is 35.5. The largest absolute Gasteiger partial charge is 0.324 e. The lowest BCUT2D eigenvalue weighted by atomic mass is 10.1. The van der Waals surface area contributed by atoms with Crippen molar-refractivity contribution in [3.63, 3.8) is 0 Å². The first kappa shape index (κ1) is 18.4. The van der Waals surface area contributed by atoms with Gasteiger partial charge in [0.05, 0.1) is 5.69 Å². The van der Waals surface area contributed by atoms with Gasteiger partial charge in [-0.15, -0.1) is 0 Å². The molecule has 1 N–H and O–H groups in total. The summed E-state index contributed by atoms with van der Waals surface area (Å²) in [5, 5.41) is 12.6. The number of anilines is 2. The predicted molar refractivity (Wildman–Crippen MR) is 103 cm³/mol. The molecule has 0 bridgehead atoms. The molecule has 3 amide bonds. The summed E-state index contributed by atoms with van der Waals surface area (Å²) < 4.78 is 0. The van der Waals surface area contributed by atoms with Crippen LogP contribution in [-0.2, 0) is 14.4 Å². The number of carbonyl (C=O) groups excluding carboxylic acids is 3. The number of amides is 3. The van der Waals surface area contributed by atoms with Gasteiger partial charge >= 0.3 is 0 Å². The SMILES string of the molecule is O=C(CN1N=N[C@H]2C(=O)N(c3cccc(Cl)c3)C(=O)[C@@H]21)Nc1ccc(Cl)cc1. The standard InChI is InChI=1S/C18H13Cl2N5O3/c19-10-4-6-12(7-5-10)21-14(26)9-24-16-15(22-23-24)17(27)25(18(16)28)13-3-1-2-11(20)8-13/h1-8,15-16H,9H2,(H,21,26)/t15-,16-/m1/s1. The molecule has 142 valence electrons. The Morgan fingerprint density at radius 1 is 1.04 bits per heavy atom. The monoisotopic (exact) mass is 417 g/mol. The number of hydrogen-bond donors (Lipinski definition) is 1. The molecule has 28 heavy (non-hydrogen) atoms. The Balaban J connectivity index is 1.49. The number of benzene rings is 2. The van der Waals surface area contributed by atoms with E-state index in [4.69, 9.17) is 23.2 Å². The van der Waals surface area contributed by atoms with Crippen molar-refractivity contribution >= 4 is 52.3 Å². The van der Waals surface area contributed by atoms with Gasteiger partial charge in [0.1, 0.15) is 6.54 Å². The van der Waals surface area contributed by atoms with Crippen LogP contribution in [0.25, 0.3) is 0 Å². The molecule has 2 aliphatic heterocycles. The fourth-order valence-electron chi connectivity index (χ4n) is 3.10. The van der Waals surface area contributed by atoms with Gasteiger partial charge in [-0.2, -0.15) is 5.11 Å². The van der Waals surface area contributed by atoms with Gasteiger partial charge in [0, 0.05) is 15.7 Å². The lowest BCUT2D eigenvalue weighted by molar-refractivity contribution is -0.123. The first-order valence-electron chi connectivity index (χ1n) is 8.30. The molecule has 4 rings (SSSR count). The Morgan fingerprint density at radius 3 is 2.50 bits per heavy atom. The molecule has 10 heteroatoms. The zero-order valence-electron chi connectivity index (χ0n) is 14.3. The van der Waals surface area contributed by atoms with Gasteiger partial charge in [0.2, 0.25) is 5.91 Å². The molecular weight excluding hydrogens is 405 g/mol. The van der Waals surface area contributed by atoms with Crippen LogP contribution in [0.3, 0.4) is 0 Å². The van der Waals surface area contributed by atoms with Crippen LogP contribution in [0.4, 0.5) is 11.4 Å². The van der Waals surface area contributed by atoms with Crippen LogP contribution in [-0.4, -0.2) is 41.4 Å². The quantitative estimate of drug-likeness (QED) is 0.773. The average molecular weight is 418 g/mol. The van der Waals surface area contributed by atoms with Crippen LogP contribution in [0.2, 0.25) is 10.0 Å². The molecule has 2 atom stereocenters. The van der Waals surface area contributed by atoms with Crippen molar-refractivity contribution in [2.75, 3.05) is 16.8 Å². The Kier molecular flexibility index (Phi) is 4.74. The first-order valence-corrected chi connectivity index (χ1v) is 9.06. The molecule has 0 unspecified atom stereocenters. The van der Waals surface area contributed by atoms with E-state index in [2.05, 4.69) is 15.7 Å². The number of carbonyl (C=O) groups is 3. The lowest BCUT2D eigenvalue weighted by Crippen LogP contribution is -2.43. The highest BCUT2D eigenvalue weighted by Gasteiger charge is 2.55. The van der Waals surface area contributed by atoms with E-state index in [-0.39, 0.29) is 6.54 Å². The average Bonchev–Trinajstić information content (AvgIpc) is 3.17. The normalized spacial score (nSPS) is 20.6. The molecule has 0 radical (unpaired) electrons. The van der Waals surface area contributed by atoms with Crippen molar-refractivity contribution in [2.24, 2.45) is 10.3 Å². The van der Waals surface area contributed by atoms with Crippen LogP contribution in [0.15, 0.2) is 58.9 Å². The van der Waals surface area contributed by atoms with Gasteiger partial charge < -0.3 is 5.32 Å². The maximum Gasteiger partial charge on any atom is 0.263 e. The minimum atomic E-state index is -0.977. The van der Waals surface area contributed by atoms with Gasteiger partial charge in [0.15, 0.2) is 12.1 Å². The number of halogens is 2. The number of nitrogens with one attached hydrogen (secondary N) is 1. The summed E-state index contributed by atoms with van der Waals surface area (Å²) in [7, 11) is 0. The van der Waals surface area contributed by atoms with Crippen molar-refractivity contribution in [3.05, 3.63) is 58.6 Å². The van der Waals surface area contributed by atoms with E-state index >= 15 is 0 Å². The molecule has 0 aliphatic carbocycles. The van der Waals surface area contributed by atoms with Crippen molar-refractivity contribution in [1.29, 1.82) is 0 Å². The van der Waals surface area contributed by atoms with Crippen molar-refractivity contribution < 1.29 is 14.4 Å². The minimum Gasteiger partial charge on any atom is -0.324 e. The topological polar surface area (TPSA) is 94.4 Å². The Labute approximate surface area is 169 Å². The predicted octanol–water partition coefficient (Wildman–Crippen LogP) is 2.93. The summed E-state index contributed by atoms with van der Waals surface area (Å²) in [5.41, 5.74) is 0.911. The van der Waals surface area contributed by atoms with Crippen LogP contribution < -0.4 is 10.2 Å².